The zero-order chi connectivity index (χ0) is 46.8. The first kappa shape index (κ1) is 19.0. The molecule has 0 N–H and O–H groups in total. The fraction of sp³-hybridized carbons (Fsp3) is 0.333. The molecule has 5 nitrogen and oxygen atoms in total. The van der Waals surface area contributed by atoms with Gasteiger partial charge >= 0.3 is 0 Å². The number of fused-ring (bicyclic) bond motifs is 2. The molecule has 4 aromatic carbocycles. The van der Waals surface area contributed by atoms with Crippen molar-refractivity contribution in [1.29, 1.82) is 0 Å². The first-order chi connectivity index (χ1) is 29.0. The van der Waals surface area contributed by atoms with Gasteiger partial charge in [0.25, 0.3) is 0 Å². The number of para-hydroxylation sites is 4. The molecule has 244 valence electrons. The van der Waals surface area contributed by atoms with Gasteiger partial charge in [0, 0.05) is 45.1 Å². The van der Waals surface area contributed by atoms with Gasteiger partial charge in [-0.1, -0.05) is 104 Å². The molecule has 0 bridgehead atoms. The molecule has 6 aromatic rings. The van der Waals surface area contributed by atoms with Gasteiger partial charge in [0.15, 0.2) is 0 Å². The van der Waals surface area contributed by atoms with Gasteiger partial charge in [-0.2, -0.15) is 0 Å². The van der Waals surface area contributed by atoms with Crippen LogP contribution in [-0.2, 0) is 25.5 Å². The minimum atomic E-state index is -3.07. The first-order valence-corrected chi connectivity index (χ1v) is 16.0. The van der Waals surface area contributed by atoms with Crippen molar-refractivity contribution in [2.45, 2.75) is 70.2 Å². The van der Waals surface area contributed by atoms with Crippen LogP contribution in [0.3, 0.4) is 0 Å². The predicted molar refractivity (Wildman–Crippen MR) is 198 cm³/mol. The molecule has 3 heterocycles. The normalized spacial score (nSPS) is 28.2. The van der Waals surface area contributed by atoms with Crippen LogP contribution in [0, 0.1) is 0 Å². The van der Waals surface area contributed by atoms with Crippen LogP contribution in [0.4, 0.5) is 0 Å². The topological polar surface area (TPSA) is 38.9 Å². The lowest BCUT2D eigenvalue weighted by atomic mass is 10.2. The Balaban J connectivity index is 0.000000175. The van der Waals surface area contributed by atoms with E-state index in [0.29, 0.717) is 33.7 Å². The van der Waals surface area contributed by atoms with Crippen molar-refractivity contribution >= 4 is 56.9 Å². The number of benzene rings is 4. The Morgan fingerprint density at radius 2 is 1.02 bits per heavy atom. The summed E-state index contributed by atoms with van der Waals surface area (Å²) in [4.78, 5) is 9.68. The maximum absolute atomic E-state index is 8.24. The van der Waals surface area contributed by atoms with E-state index in [1.54, 1.807) is 28.8 Å². The number of rotatable bonds is 7. The molecule has 8 rings (SSSR count). The van der Waals surface area contributed by atoms with Crippen LogP contribution < -0.4 is 0 Å². The van der Waals surface area contributed by atoms with Crippen LogP contribution in [0.5, 0.6) is 0 Å². The van der Waals surface area contributed by atoms with Gasteiger partial charge in [0.2, 0.25) is 0 Å². The highest BCUT2D eigenvalue weighted by atomic mass is 35.5. The summed E-state index contributed by atoms with van der Waals surface area (Å²) >= 11 is 17.9. The summed E-state index contributed by atoms with van der Waals surface area (Å²) in [5.41, 5.74) is 5.53. The Labute approximate surface area is 315 Å². The minimum absolute atomic E-state index is 0.303. The van der Waals surface area contributed by atoms with E-state index in [9.17, 15) is 0 Å². The average molecular weight is 703 g/mol. The van der Waals surface area contributed by atoms with Crippen LogP contribution in [0.15, 0.2) is 97.1 Å². The van der Waals surface area contributed by atoms with Crippen molar-refractivity contribution in [3.05, 3.63) is 130 Å². The number of hydrogen-bond donors (Lipinski definition) is 0. The van der Waals surface area contributed by atoms with Crippen molar-refractivity contribution in [3.8, 4) is 0 Å². The van der Waals surface area contributed by atoms with Crippen LogP contribution in [0.25, 0.3) is 22.1 Å². The van der Waals surface area contributed by atoms with E-state index in [0.717, 1.165) is 39.5 Å². The lowest BCUT2D eigenvalue weighted by Gasteiger charge is -2.16. The van der Waals surface area contributed by atoms with E-state index in [1.165, 1.54) is 5.56 Å². The summed E-state index contributed by atoms with van der Waals surface area (Å²) < 4.78 is 127. The first-order valence-electron chi connectivity index (χ1n) is 22.7. The van der Waals surface area contributed by atoms with Crippen LogP contribution in [-0.4, -0.2) is 37.0 Å². The molecule has 47 heavy (non-hydrogen) atoms. The summed E-state index contributed by atoms with van der Waals surface area (Å²) in [7, 11) is 0. The highest BCUT2D eigenvalue weighted by Crippen LogP contribution is 2.22. The second-order valence-electron chi connectivity index (χ2n) is 10.4. The molecule has 1 saturated heterocycles. The molecule has 0 amide bonds. The molecule has 0 radical (unpaired) electrons. The smallest absolute Gasteiger partial charge is 0.125 e. The summed E-state index contributed by atoms with van der Waals surface area (Å²) in [6.07, 6.45) is -17.4. The van der Waals surface area contributed by atoms with Crippen molar-refractivity contribution in [2.75, 3.05) is 13.0 Å². The molecule has 0 unspecified atom stereocenters. The molecule has 2 aliphatic rings. The van der Waals surface area contributed by atoms with Gasteiger partial charge in [-0.25, -0.2) is 9.97 Å². The monoisotopic (exact) mass is 701 g/mol. The molecular weight excluding hydrogens is 645 g/mol. The summed E-state index contributed by atoms with van der Waals surface area (Å²) in [6.45, 7) is -5.11. The molecule has 8 heteroatoms. The van der Waals surface area contributed by atoms with Gasteiger partial charge in [-0.05, 0) is 85.4 Å². The molecule has 0 spiro atoms. The summed E-state index contributed by atoms with van der Waals surface area (Å²) in [5, 5.41) is 1.33. The van der Waals surface area contributed by atoms with Gasteiger partial charge in [-0.3, -0.25) is 4.90 Å². The summed E-state index contributed by atoms with van der Waals surface area (Å²) in [6, 6.07) is 30.3. The standard InChI is InChI=1S/C19H20ClN3.C15H12Cl2N2.C5H10/c20-16-9-7-15(8-10-16)13-23-18-6-2-1-5-17(18)21-19(23)14-22-11-3-4-12-22;16-9-15-18-13-3-1-2-4-14(13)19(15)10-11-5-7-12(17)8-6-11;1-2-4-5-3-1/h1-2,5-10H,3-4,11-14H2;1-8H,9-10H2;1-5H2/i3D2,4D2,11D2,12D2;;1D2,2D2,3D2,4D2. The van der Waals surface area contributed by atoms with Crippen LogP contribution in [0.1, 0.15) is 89.4 Å². The maximum atomic E-state index is 8.24. The Kier molecular flexibility index (Phi) is 6.73. The van der Waals surface area contributed by atoms with Crippen molar-refractivity contribution < 1.29 is 21.9 Å². The minimum Gasteiger partial charge on any atom is -0.322 e. The van der Waals surface area contributed by atoms with Crippen LogP contribution >= 0.6 is 34.8 Å². The molecule has 0 atom stereocenters. The second-order valence-corrected chi connectivity index (χ2v) is 11.6. The lowest BCUT2D eigenvalue weighted by Crippen LogP contribution is -2.21. The number of aromatic nitrogens is 4. The third kappa shape index (κ3) is 8.97. The van der Waals surface area contributed by atoms with E-state index in [2.05, 4.69) is 20.6 Å². The SMILES string of the molecule is ClCc1nc2ccccc2n1Cc1ccc(Cl)cc1.[2H]C1([2H])CC([2H])([2H])C([2H])([2H])C1([2H])[2H].[2H]C1([2H])N(Cc2nc3ccccc3n2Cc2ccc(Cl)cc2)C([2H])([2H])C([2H])([2H])C1([2H])[2H]. The molecule has 1 saturated carbocycles. The van der Waals surface area contributed by atoms with Gasteiger partial charge in [-0.15, -0.1) is 11.6 Å². The van der Waals surface area contributed by atoms with Crippen molar-refractivity contribution in [1.82, 2.24) is 24.0 Å². The lowest BCUT2D eigenvalue weighted by molar-refractivity contribution is 0.318. The van der Waals surface area contributed by atoms with Gasteiger partial charge < -0.3 is 9.13 Å². The Morgan fingerprint density at radius 1 is 0.553 bits per heavy atom. The molecule has 2 fully saturated rings. The molecule has 1 aliphatic carbocycles. The van der Waals surface area contributed by atoms with Crippen molar-refractivity contribution in [3.63, 3.8) is 0 Å². The highest BCUT2D eigenvalue weighted by molar-refractivity contribution is 6.30. The number of nitrogens with zero attached hydrogens (tertiary/aromatic N) is 5. The Bertz CT molecular complexity index is 2530. The Hall–Kier alpha value is -3.35. The molecule has 2 aromatic heterocycles. The maximum Gasteiger partial charge on any atom is 0.125 e. The number of hydrogen-bond acceptors (Lipinski definition) is 3. The number of alkyl halides is 1. The molecular formula is C39H42Cl3N5. The largest absolute Gasteiger partial charge is 0.322 e. The zero-order valence-corrected chi connectivity index (χ0v) is 27.4. The van der Waals surface area contributed by atoms with Crippen LogP contribution in [0.2, 0.25) is 10.0 Å². The van der Waals surface area contributed by atoms with E-state index >= 15 is 0 Å². The van der Waals surface area contributed by atoms with E-state index in [4.69, 9.17) is 56.7 Å². The fourth-order valence-corrected chi connectivity index (χ4v) is 5.49. The van der Waals surface area contributed by atoms with E-state index in [-0.39, 0.29) is 0 Å². The third-order valence-electron chi connectivity index (χ3n) is 7.25. The number of halogens is 3. The number of likely N-dealkylation sites (tertiary alicyclic amines) is 1. The second kappa shape index (κ2) is 16.7. The van der Waals surface area contributed by atoms with Gasteiger partial charge in [0.1, 0.15) is 11.6 Å². The third-order valence-corrected chi connectivity index (χ3v) is 8.00. The predicted octanol–water partition coefficient (Wildman–Crippen LogP) is 10.8. The fourth-order valence-electron chi connectivity index (χ4n) is 5.03. The average Bonchev–Trinajstić information content (AvgIpc) is 3.78. The molecule has 1 aliphatic heterocycles. The quantitative estimate of drug-likeness (QED) is 0.155. The summed E-state index contributed by atoms with van der Waals surface area (Å²) in [5.74, 6) is 1.60. The highest BCUT2D eigenvalue weighted by Gasteiger charge is 2.17. The van der Waals surface area contributed by atoms with Gasteiger partial charge in [0.05, 0.1) is 34.5 Å². The Morgan fingerprint density at radius 3 is 1.49 bits per heavy atom. The zero-order valence-electron chi connectivity index (χ0n) is 41.1. The van der Waals surface area contributed by atoms with E-state index in [1.807, 2.05) is 66.7 Å². The van der Waals surface area contributed by atoms with E-state index < -0.39 is 64.2 Å². The number of imidazole rings is 2. The van der Waals surface area contributed by atoms with Crippen molar-refractivity contribution in [2.24, 2.45) is 0 Å².